The van der Waals surface area contributed by atoms with Crippen LogP contribution in [0.25, 0.3) is 21.3 Å². The number of aryl methyl sites for hydroxylation is 2. The third-order valence-electron chi connectivity index (χ3n) is 4.15. The minimum Gasteiger partial charge on any atom is -0.396 e. The second-order valence-corrected chi connectivity index (χ2v) is 7.20. The van der Waals surface area contributed by atoms with Gasteiger partial charge >= 0.3 is 0 Å². The normalized spacial score (nSPS) is 11.0. The molecule has 0 aliphatic heterocycles. The fraction of sp³-hybridized carbons (Fsp3) is 0.316. The molecule has 0 spiro atoms. The van der Waals surface area contributed by atoms with E-state index in [0.717, 1.165) is 20.8 Å². The molecule has 3 aromatic rings. The highest BCUT2D eigenvalue weighted by Crippen LogP contribution is 2.35. The van der Waals surface area contributed by atoms with Crippen LogP contribution in [-0.4, -0.2) is 33.7 Å². The first kappa shape index (κ1) is 18.3. The summed E-state index contributed by atoms with van der Waals surface area (Å²) < 4.78 is 1.49. The molecule has 2 N–H and O–H groups in total. The van der Waals surface area contributed by atoms with Crippen LogP contribution in [0.1, 0.15) is 17.7 Å². The molecule has 26 heavy (non-hydrogen) atoms. The number of amides is 1. The van der Waals surface area contributed by atoms with Gasteiger partial charge in [-0.05, 0) is 18.9 Å². The topological polar surface area (TPSA) is 84.2 Å². The molecule has 0 bridgehead atoms. The van der Waals surface area contributed by atoms with Crippen molar-refractivity contribution < 1.29 is 9.90 Å². The molecule has 0 saturated heterocycles. The van der Waals surface area contributed by atoms with Crippen LogP contribution in [0.2, 0.25) is 0 Å². The molecule has 0 fully saturated rings. The van der Waals surface area contributed by atoms with E-state index in [1.807, 2.05) is 37.3 Å². The van der Waals surface area contributed by atoms with Gasteiger partial charge in [0, 0.05) is 36.6 Å². The minimum absolute atomic E-state index is 0.0418. The van der Waals surface area contributed by atoms with Gasteiger partial charge < -0.3 is 10.4 Å². The summed E-state index contributed by atoms with van der Waals surface area (Å²) in [6, 6.07) is 9.81. The Kier molecular flexibility index (Phi) is 5.80. The van der Waals surface area contributed by atoms with Crippen molar-refractivity contribution in [2.24, 2.45) is 0 Å². The van der Waals surface area contributed by atoms with Crippen molar-refractivity contribution in [3.05, 3.63) is 51.9 Å². The SMILES string of the molecule is Cc1sc2ncn(CCC(=O)NCCCO)c(=O)c2c1-c1ccccc1. The van der Waals surface area contributed by atoms with Crippen LogP contribution in [0, 0.1) is 6.92 Å². The van der Waals surface area contributed by atoms with Gasteiger partial charge in [-0.1, -0.05) is 30.3 Å². The Morgan fingerprint density at radius 3 is 2.81 bits per heavy atom. The predicted octanol–water partition coefficient (Wildman–Crippen LogP) is 2.32. The molecule has 0 atom stereocenters. The van der Waals surface area contributed by atoms with Crippen molar-refractivity contribution in [1.29, 1.82) is 0 Å². The molecule has 2 heterocycles. The number of aliphatic hydroxyl groups excluding tert-OH is 1. The maximum Gasteiger partial charge on any atom is 0.262 e. The third-order valence-corrected chi connectivity index (χ3v) is 5.17. The number of benzene rings is 1. The van der Waals surface area contributed by atoms with Gasteiger partial charge in [0.05, 0.1) is 11.7 Å². The first-order valence-corrected chi connectivity index (χ1v) is 9.35. The van der Waals surface area contributed by atoms with Gasteiger partial charge in [0.25, 0.3) is 5.56 Å². The quantitative estimate of drug-likeness (QED) is 0.624. The van der Waals surface area contributed by atoms with Crippen molar-refractivity contribution in [3.8, 4) is 11.1 Å². The summed E-state index contributed by atoms with van der Waals surface area (Å²) in [4.78, 5) is 31.0. The number of carbonyl (C=O) groups excluding carboxylic acids is 1. The lowest BCUT2D eigenvalue weighted by molar-refractivity contribution is -0.121. The monoisotopic (exact) mass is 371 g/mol. The van der Waals surface area contributed by atoms with Gasteiger partial charge in [0.15, 0.2) is 0 Å². The van der Waals surface area contributed by atoms with Gasteiger partial charge in [0.1, 0.15) is 4.83 Å². The zero-order chi connectivity index (χ0) is 18.5. The Balaban J connectivity index is 1.89. The zero-order valence-corrected chi connectivity index (χ0v) is 15.4. The summed E-state index contributed by atoms with van der Waals surface area (Å²) in [6.07, 6.45) is 2.23. The summed E-state index contributed by atoms with van der Waals surface area (Å²) in [6.45, 7) is 2.74. The number of thiophene rings is 1. The van der Waals surface area contributed by atoms with Crippen molar-refractivity contribution in [1.82, 2.24) is 14.9 Å². The molecular weight excluding hydrogens is 350 g/mol. The van der Waals surface area contributed by atoms with Crippen LogP contribution in [0.5, 0.6) is 0 Å². The summed E-state index contributed by atoms with van der Waals surface area (Å²) in [7, 11) is 0. The number of rotatable bonds is 7. The van der Waals surface area contributed by atoms with Gasteiger partial charge in [0.2, 0.25) is 5.91 Å². The first-order valence-electron chi connectivity index (χ1n) is 8.53. The highest BCUT2D eigenvalue weighted by molar-refractivity contribution is 7.19. The van der Waals surface area contributed by atoms with Crippen molar-refractivity contribution in [2.75, 3.05) is 13.2 Å². The van der Waals surface area contributed by atoms with Crippen molar-refractivity contribution in [3.63, 3.8) is 0 Å². The lowest BCUT2D eigenvalue weighted by Crippen LogP contribution is -2.28. The Morgan fingerprint density at radius 1 is 1.31 bits per heavy atom. The van der Waals surface area contributed by atoms with E-state index in [-0.39, 0.29) is 31.0 Å². The van der Waals surface area contributed by atoms with E-state index >= 15 is 0 Å². The number of aromatic nitrogens is 2. The average molecular weight is 371 g/mol. The Bertz CT molecular complexity index is 963. The van der Waals surface area contributed by atoms with E-state index in [2.05, 4.69) is 10.3 Å². The molecule has 1 amide bonds. The largest absolute Gasteiger partial charge is 0.396 e. The first-order chi connectivity index (χ1) is 12.6. The number of aliphatic hydroxyl groups is 1. The predicted molar refractivity (Wildman–Crippen MR) is 103 cm³/mol. The summed E-state index contributed by atoms with van der Waals surface area (Å²) in [5.41, 5.74) is 1.79. The maximum absolute atomic E-state index is 13.0. The number of nitrogens with zero attached hydrogens (tertiary/aromatic N) is 2. The molecule has 0 aliphatic rings. The standard InChI is InChI=1S/C19H21N3O3S/c1-13-16(14-6-3-2-4-7-14)17-18(26-13)21-12-22(19(17)25)10-8-15(24)20-9-5-11-23/h2-4,6-7,12,23H,5,8-11H2,1H3,(H,20,24). The smallest absolute Gasteiger partial charge is 0.262 e. The molecule has 0 saturated carbocycles. The Morgan fingerprint density at radius 2 is 2.08 bits per heavy atom. The number of carbonyl (C=O) groups is 1. The van der Waals surface area contributed by atoms with E-state index in [9.17, 15) is 9.59 Å². The van der Waals surface area contributed by atoms with Gasteiger partial charge in [-0.15, -0.1) is 11.3 Å². The van der Waals surface area contributed by atoms with Gasteiger partial charge in [-0.3, -0.25) is 14.2 Å². The molecule has 136 valence electrons. The third kappa shape index (κ3) is 3.84. The zero-order valence-electron chi connectivity index (χ0n) is 14.6. The van der Waals surface area contributed by atoms with Crippen LogP contribution in [0.3, 0.4) is 0 Å². The van der Waals surface area contributed by atoms with Crippen LogP contribution in [0.15, 0.2) is 41.5 Å². The number of hydrogen-bond donors (Lipinski definition) is 2. The molecule has 6 nitrogen and oxygen atoms in total. The highest BCUT2D eigenvalue weighted by atomic mass is 32.1. The van der Waals surface area contributed by atoms with Crippen molar-refractivity contribution >= 4 is 27.5 Å². The van der Waals surface area contributed by atoms with E-state index in [4.69, 9.17) is 5.11 Å². The van der Waals surface area contributed by atoms with E-state index in [1.54, 1.807) is 0 Å². The molecule has 1 aromatic carbocycles. The van der Waals surface area contributed by atoms with E-state index in [0.29, 0.717) is 18.4 Å². The molecule has 0 radical (unpaired) electrons. The number of nitrogens with one attached hydrogen (secondary N) is 1. The van der Waals surface area contributed by atoms with Crippen LogP contribution in [0.4, 0.5) is 0 Å². The molecule has 3 rings (SSSR count). The lowest BCUT2D eigenvalue weighted by Gasteiger charge is -2.07. The molecule has 2 aromatic heterocycles. The van der Waals surface area contributed by atoms with Crippen LogP contribution < -0.4 is 10.9 Å². The number of hydrogen-bond acceptors (Lipinski definition) is 5. The van der Waals surface area contributed by atoms with E-state index < -0.39 is 0 Å². The van der Waals surface area contributed by atoms with Crippen molar-refractivity contribution in [2.45, 2.75) is 26.3 Å². The summed E-state index contributed by atoms with van der Waals surface area (Å²) in [5, 5.41) is 12.1. The lowest BCUT2D eigenvalue weighted by atomic mass is 10.0. The summed E-state index contributed by atoms with van der Waals surface area (Å²) >= 11 is 1.51. The fourth-order valence-corrected chi connectivity index (χ4v) is 3.87. The van der Waals surface area contributed by atoms with Gasteiger partial charge in [-0.2, -0.15) is 0 Å². The van der Waals surface area contributed by atoms with Gasteiger partial charge in [-0.25, -0.2) is 4.98 Å². The highest BCUT2D eigenvalue weighted by Gasteiger charge is 2.17. The molecular formula is C19H21N3O3S. The fourth-order valence-electron chi connectivity index (χ4n) is 2.87. The maximum atomic E-state index is 13.0. The average Bonchev–Trinajstić information content (AvgIpc) is 2.99. The Labute approximate surface area is 155 Å². The second kappa shape index (κ2) is 8.25. The molecule has 0 aliphatic carbocycles. The second-order valence-electron chi connectivity index (χ2n) is 6.00. The Hall–Kier alpha value is -2.51. The minimum atomic E-state index is -0.143. The number of fused-ring (bicyclic) bond motifs is 1. The van der Waals surface area contributed by atoms with E-state index in [1.165, 1.54) is 22.2 Å². The van der Waals surface area contributed by atoms with Crippen LogP contribution in [-0.2, 0) is 11.3 Å². The van der Waals surface area contributed by atoms with Crippen LogP contribution >= 0.6 is 11.3 Å². The molecule has 7 heteroatoms. The summed E-state index contributed by atoms with van der Waals surface area (Å²) in [5.74, 6) is -0.143. The molecule has 0 unspecified atom stereocenters.